The van der Waals surface area contributed by atoms with E-state index in [1.54, 1.807) is 25.3 Å². The summed E-state index contributed by atoms with van der Waals surface area (Å²) in [4.78, 5) is 18.9. The summed E-state index contributed by atoms with van der Waals surface area (Å²) in [5.41, 5.74) is 0.745. The van der Waals surface area contributed by atoms with Crippen molar-refractivity contribution in [1.29, 1.82) is 0 Å². The summed E-state index contributed by atoms with van der Waals surface area (Å²) in [5.74, 6) is 1.75. The highest BCUT2D eigenvalue weighted by atomic mass is 35.5. The molecule has 0 aliphatic carbocycles. The first kappa shape index (κ1) is 19.0. The SMILES string of the molecule is COc1ccc(Cl)cc1-c1nc(SCC(=O)N2CCCCCCC2)n[nH]1. The van der Waals surface area contributed by atoms with Crippen LogP contribution in [0.2, 0.25) is 5.02 Å². The third-order valence-electron chi connectivity index (χ3n) is 4.42. The predicted octanol–water partition coefficient (Wildman–Crippen LogP) is 4.02. The molecule has 6 nitrogen and oxygen atoms in total. The zero-order valence-corrected chi connectivity index (χ0v) is 16.4. The normalized spacial score (nSPS) is 15.4. The van der Waals surface area contributed by atoms with E-state index in [-0.39, 0.29) is 5.91 Å². The average molecular weight is 395 g/mol. The van der Waals surface area contributed by atoms with Gasteiger partial charge in [0.15, 0.2) is 5.82 Å². The molecule has 1 saturated heterocycles. The number of benzene rings is 1. The number of nitrogens with one attached hydrogen (secondary N) is 1. The number of halogens is 1. The minimum atomic E-state index is 0.156. The van der Waals surface area contributed by atoms with Crippen LogP contribution in [0.25, 0.3) is 11.4 Å². The fraction of sp³-hybridized carbons (Fsp3) is 0.500. The maximum absolute atomic E-state index is 12.5. The average Bonchev–Trinajstić information content (AvgIpc) is 3.08. The second kappa shape index (κ2) is 9.28. The molecule has 0 spiro atoms. The summed E-state index contributed by atoms with van der Waals surface area (Å²) in [5, 5.41) is 8.25. The van der Waals surface area contributed by atoms with Crippen molar-refractivity contribution < 1.29 is 9.53 Å². The maximum Gasteiger partial charge on any atom is 0.233 e. The fourth-order valence-corrected chi connectivity index (χ4v) is 3.88. The van der Waals surface area contributed by atoms with Crippen LogP contribution < -0.4 is 4.74 Å². The predicted molar refractivity (Wildman–Crippen MR) is 104 cm³/mol. The lowest BCUT2D eigenvalue weighted by Crippen LogP contribution is -2.35. The Kier molecular flexibility index (Phi) is 6.80. The van der Waals surface area contributed by atoms with Crippen molar-refractivity contribution in [3.05, 3.63) is 23.2 Å². The lowest BCUT2D eigenvalue weighted by atomic mass is 10.1. The summed E-state index contributed by atoms with van der Waals surface area (Å²) in [7, 11) is 1.60. The number of methoxy groups -OCH3 is 1. The van der Waals surface area contributed by atoms with Gasteiger partial charge in [-0.05, 0) is 31.0 Å². The van der Waals surface area contributed by atoms with Gasteiger partial charge in [0, 0.05) is 18.1 Å². The van der Waals surface area contributed by atoms with E-state index in [9.17, 15) is 4.79 Å². The minimum Gasteiger partial charge on any atom is -0.496 e. The largest absolute Gasteiger partial charge is 0.496 e. The molecule has 2 aromatic rings. The van der Waals surface area contributed by atoms with Gasteiger partial charge in [-0.25, -0.2) is 4.98 Å². The number of nitrogens with zero attached hydrogens (tertiary/aromatic N) is 3. The minimum absolute atomic E-state index is 0.156. The summed E-state index contributed by atoms with van der Waals surface area (Å²) < 4.78 is 5.35. The van der Waals surface area contributed by atoms with Crippen molar-refractivity contribution in [1.82, 2.24) is 20.1 Å². The molecule has 1 aliphatic rings. The number of likely N-dealkylation sites (tertiary alicyclic amines) is 1. The number of hydrogen-bond acceptors (Lipinski definition) is 5. The molecule has 1 aromatic heterocycles. The van der Waals surface area contributed by atoms with Crippen LogP contribution in [0.15, 0.2) is 23.4 Å². The van der Waals surface area contributed by atoms with Gasteiger partial charge in [-0.2, -0.15) is 0 Å². The summed E-state index contributed by atoms with van der Waals surface area (Å²) in [6, 6.07) is 5.33. The van der Waals surface area contributed by atoms with Gasteiger partial charge in [0.25, 0.3) is 0 Å². The van der Waals surface area contributed by atoms with Gasteiger partial charge in [0.2, 0.25) is 11.1 Å². The van der Waals surface area contributed by atoms with Crippen LogP contribution in [0.1, 0.15) is 32.1 Å². The van der Waals surface area contributed by atoms with Crippen molar-refractivity contribution in [2.45, 2.75) is 37.3 Å². The zero-order chi connectivity index (χ0) is 18.4. The molecule has 0 unspecified atom stereocenters. The number of aromatic amines is 1. The van der Waals surface area contributed by atoms with Crippen molar-refractivity contribution in [3.8, 4) is 17.1 Å². The molecular weight excluding hydrogens is 372 g/mol. The number of H-pyrrole nitrogens is 1. The second-order valence-electron chi connectivity index (χ2n) is 6.25. The molecule has 1 amide bonds. The van der Waals surface area contributed by atoms with E-state index in [0.29, 0.717) is 27.5 Å². The van der Waals surface area contributed by atoms with Crippen molar-refractivity contribution in [3.63, 3.8) is 0 Å². The molecule has 2 heterocycles. The Labute approximate surface area is 162 Å². The molecule has 8 heteroatoms. The Bertz CT molecular complexity index is 745. The Morgan fingerprint density at radius 1 is 1.27 bits per heavy atom. The molecule has 3 rings (SSSR count). The first-order chi connectivity index (χ1) is 12.7. The van der Waals surface area contributed by atoms with Gasteiger partial charge in [0.05, 0.1) is 18.4 Å². The van der Waals surface area contributed by atoms with E-state index >= 15 is 0 Å². The third-order valence-corrected chi connectivity index (χ3v) is 5.48. The summed E-state index contributed by atoms with van der Waals surface area (Å²) in [6.45, 7) is 1.72. The lowest BCUT2D eigenvalue weighted by Gasteiger charge is -2.24. The van der Waals surface area contributed by atoms with Crippen molar-refractivity contribution in [2.24, 2.45) is 0 Å². The Morgan fingerprint density at radius 3 is 2.73 bits per heavy atom. The molecule has 1 aromatic carbocycles. The Balaban J connectivity index is 1.62. The molecule has 0 saturated carbocycles. The first-order valence-electron chi connectivity index (χ1n) is 8.84. The lowest BCUT2D eigenvalue weighted by molar-refractivity contribution is -0.128. The molecule has 1 aliphatic heterocycles. The maximum atomic E-state index is 12.5. The van der Waals surface area contributed by atoms with E-state index in [2.05, 4.69) is 15.2 Å². The van der Waals surface area contributed by atoms with Crippen LogP contribution in [-0.2, 0) is 4.79 Å². The highest BCUT2D eigenvalue weighted by Crippen LogP contribution is 2.31. The van der Waals surface area contributed by atoms with E-state index in [1.165, 1.54) is 31.0 Å². The van der Waals surface area contributed by atoms with E-state index in [1.807, 2.05) is 4.90 Å². The molecule has 140 valence electrons. The van der Waals surface area contributed by atoms with Gasteiger partial charge >= 0.3 is 0 Å². The summed E-state index contributed by atoms with van der Waals surface area (Å²) in [6.07, 6.45) is 5.89. The zero-order valence-electron chi connectivity index (χ0n) is 14.8. The number of thioether (sulfide) groups is 1. The first-order valence-corrected chi connectivity index (χ1v) is 10.2. The molecule has 1 N–H and O–H groups in total. The van der Waals surface area contributed by atoms with E-state index in [4.69, 9.17) is 16.3 Å². The quantitative estimate of drug-likeness (QED) is 0.775. The molecule has 0 atom stereocenters. The Morgan fingerprint density at radius 2 is 2.00 bits per heavy atom. The highest BCUT2D eigenvalue weighted by Gasteiger charge is 2.17. The number of aromatic nitrogens is 3. The van der Waals surface area contributed by atoms with E-state index in [0.717, 1.165) is 31.5 Å². The number of rotatable bonds is 5. The van der Waals surface area contributed by atoms with Crippen LogP contribution in [0.3, 0.4) is 0 Å². The van der Waals surface area contributed by atoms with Crippen molar-refractivity contribution >= 4 is 29.3 Å². The molecule has 26 heavy (non-hydrogen) atoms. The number of amides is 1. The number of carbonyl (C=O) groups is 1. The van der Waals surface area contributed by atoms with E-state index < -0.39 is 0 Å². The number of hydrogen-bond donors (Lipinski definition) is 1. The topological polar surface area (TPSA) is 71.1 Å². The van der Waals surface area contributed by atoms with Gasteiger partial charge in [-0.3, -0.25) is 9.89 Å². The monoisotopic (exact) mass is 394 g/mol. The smallest absolute Gasteiger partial charge is 0.233 e. The Hall–Kier alpha value is -1.73. The number of carbonyl (C=O) groups excluding carboxylic acids is 1. The standard InChI is InChI=1S/C18H23ClN4O2S/c1-25-15-8-7-13(19)11-14(15)17-20-18(22-21-17)26-12-16(24)23-9-5-3-2-4-6-10-23/h7-8,11H,2-6,9-10,12H2,1H3,(H,20,21,22). The van der Waals surface area contributed by atoms with Crippen molar-refractivity contribution in [2.75, 3.05) is 26.0 Å². The van der Waals surface area contributed by atoms with Gasteiger partial charge in [-0.1, -0.05) is 42.6 Å². The molecule has 0 radical (unpaired) electrons. The highest BCUT2D eigenvalue weighted by molar-refractivity contribution is 7.99. The van der Waals surface area contributed by atoms with Crippen LogP contribution in [-0.4, -0.2) is 51.9 Å². The van der Waals surface area contributed by atoms with Crippen LogP contribution in [0.5, 0.6) is 5.75 Å². The van der Waals surface area contributed by atoms with Crippen LogP contribution in [0, 0.1) is 0 Å². The van der Waals surface area contributed by atoms with Gasteiger partial charge in [0.1, 0.15) is 5.75 Å². The fourth-order valence-electron chi connectivity index (χ4n) is 3.01. The molecule has 0 bridgehead atoms. The molecule has 1 fully saturated rings. The van der Waals surface area contributed by atoms with Crippen LogP contribution >= 0.6 is 23.4 Å². The van der Waals surface area contributed by atoms with Gasteiger partial charge in [-0.15, -0.1) is 5.10 Å². The number of ether oxygens (including phenoxy) is 1. The second-order valence-corrected chi connectivity index (χ2v) is 7.63. The molecular formula is C18H23ClN4O2S. The third kappa shape index (κ3) is 4.92. The van der Waals surface area contributed by atoms with Crippen LogP contribution in [0.4, 0.5) is 0 Å². The summed E-state index contributed by atoms with van der Waals surface area (Å²) >= 11 is 7.42. The van der Waals surface area contributed by atoms with Gasteiger partial charge < -0.3 is 9.64 Å².